The highest BCUT2D eigenvalue weighted by Crippen LogP contribution is 2.11. The molecule has 1 atom stereocenters. The van der Waals surface area contributed by atoms with Gasteiger partial charge in [-0.15, -0.1) is 11.6 Å². The summed E-state index contributed by atoms with van der Waals surface area (Å²) in [5, 5.41) is 0.112. The molecule has 1 unspecified atom stereocenters. The van der Waals surface area contributed by atoms with Crippen molar-refractivity contribution in [3.8, 4) is 0 Å². The summed E-state index contributed by atoms with van der Waals surface area (Å²) in [6.45, 7) is 3.70. The highest BCUT2D eigenvalue weighted by atomic mass is 35.5. The number of nitrogens with one attached hydrogen (secondary N) is 1. The zero-order valence-corrected chi connectivity index (χ0v) is 10.6. The molecule has 1 fully saturated rings. The molecule has 1 rings (SSSR count). The maximum Gasteiger partial charge on any atom is 0.279 e. The van der Waals surface area contributed by atoms with E-state index in [1.807, 2.05) is 6.92 Å². The van der Waals surface area contributed by atoms with Crippen LogP contribution in [0.25, 0.3) is 0 Å². The fourth-order valence-corrected chi connectivity index (χ4v) is 3.08. The standard InChI is InChI=1S/C9H19ClN2O2S/c1-9(10)5-4-6-11-15(13,14)12-7-2-3-8-12/h9,11H,2-8H2,1H3. The van der Waals surface area contributed by atoms with Crippen LogP contribution < -0.4 is 4.72 Å². The van der Waals surface area contributed by atoms with Gasteiger partial charge < -0.3 is 0 Å². The van der Waals surface area contributed by atoms with Crippen LogP contribution >= 0.6 is 11.6 Å². The van der Waals surface area contributed by atoms with E-state index in [9.17, 15) is 8.42 Å². The summed E-state index contributed by atoms with van der Waals surface area (Å²) in [6.07, 6.45) is 3.57. The SMILES string of the molecule is CC(Cl)CCCNS(=O)(=O)N1CCCC1. The third-order valence-corrected chi connectivity index (χ3v) is 4.30. The molecule has 0 aromatic rings. The van der Waals surface area contributed by atoms with E-state index in [2.05, 4.69) is 4.72 Å². The first-order valence-electron chi connectivity index (χ1n) is 5.41. The lowest BCUT2D eigenvalue weighted by atomic mass is 10.2. The van der Waals surface area contributed by atoms with Crippen LogP contribution in [0.15, 0.2) is 0 Å². The zero-order chi connectivity index (χ0) is 11.3. The highest BCUT2D eigenvalue weighted by molar-refractivity contribution is 7.87. The number of hydrogen-bond donors (Lipinski definition) is 1. The summed E-state index contributed by atoms with van der Waals surface area (Å²) < 4.78 is 27.4. The first-order chi connectivity index (χ1) is 7.02. The minimum atomic E-state index is -3.22. The Morgan fingerprint density at radius 3 is 2.53 bits per heavy atom. The average molecular weight is 255 g/mol. The van der Waals surface area contributed by atoms with Crippen molar-refractivity contribution in [1.29, 1.82) is 0 Å². The zero-order valence-electron chi connectivity index (χ0n) is 9.08. The van der Waals surface area contributed by atoms with Gasteiger partial charge in [0.1, 0.15) is 0 Å². The summed E-state index contributed by atoms with van der Waals surface area (Å²) in [5.74, 6) is 0. The van der Waals surface area contributed by atoms with Crippen molar-refractivity contribution in [2.75, 3.05) is 19.6 Å². The summed E-state index contributed by atoms with van der Waals surface area (Å²) in [4.78, 5) is 0. The molecule has 0 aromatic carbocycles. The fourth-order valence-electron chi connectivity index (χ4n) is 1.60. The molecule has 6 heteroatoms. The third kappa shape index (κ3) is 4.68. The first kappa shape index (κ1) is 13.2. The van der Waals surface area contributed by atoms with Crippen LogP contribution in [-0.4, -0.2) is 37.7 Å². The van der Waals surface area contributed by atoms with Crippen molar-refractivity contribution in [2.45, 2.75) is 38.0 Å². The van der Waals surface area contributed by atoms with E-state index in [0.717, 1.165) is 25.7 Å². The first-order valence-corrected chi connectivity index (χ1v) is 7.29. The number of alkyl halides is 1. The number of nitrogens with zero attached hydrogens (tertiary/aromatic N) is 1. The van der Waals surface area contributed by atoms with Crippen molar-refractivity contribution in [3.05, 3.63) is 0 Å². The quantitative estimate of drug-likeness (QED) is 0.574. The monoisotopic (exact) mass is 254 g/mol. The second-order valence-corrected chi connectivity index (χ2v) is 6.43. The van der Waals surface area contributed by atoms with Gasteiger partial charge in [-0.25, -0.2) is 4.72 Å². The third-order valence-electron chi connectivity index (χ3n) is 2.47. The van der Waals surface area contributed by atoms with Crippen molar-refractivity contribution in [3.63, 3.8) is 0 Å². The van der Waals surface area contributed by atoms with Gasteiger partial charge >= 0.3 is 0 Å². The van der Waals surface area contributed by atoms with Crippen molar-refractivity contribution in [1.82, 2.24) is 9.03 Å². The Labute approximate surface area is 97.2 Å². The lowest BCUT2D eigenvalue weighted by Crippen LogP contribution is -2.39. The Bertz CT molecular complexity index is 274. The molecule has 15 heavy (non-hydrogen) atoms. The van der Waals surface area contributed by atoms with Crippen molar-refractivity contribution in [2.24, 2.45) is 0 Å². The van der Waals surface area contributed by atoms with Gasteiger partial charge in [-0.05, 0) is 32.6 Å². The Kier molecular flexibility index (Phi) is 5.32. The van der Waals surface area contributed by atoms with Gasteiger partial charge in [0, 0.05) is 25.0 Å². The second kappa shape index (κ2) is 6.03. The predicted molar refractivity (Wildman–Crippen MR) is 62.3 cm³/mol. The lowest BCUT2D eigenvalue weighted by Gasteiger charge is -2.16. The van der Waals surface area contributed by atoms with Crippen molar-refractivity contribution >= 4 is 21.8 Å². The molecule has 0 aliphatic carbocycles. The summed E-state index contributed by atoms with van der Waals surface area (Å²) in [7, 11) is -3.22. The Hall–Kier alpha value is 0.160. The van der Waals surface area contributed by atoms with Crippen LogP contribution in [0.3, 0.4) is 0 Å². The van der Waals surface area contributed by atoms with E-state index in [1.165, 1.54) is 4.31 Å². The number of rotatable bonds is 6. The molecule has 0 aromatic heterocycles. The summed E-state index contributed by atoms with van der Waals surface area (Å²) >= 11 is 5.77. The van der Waals surface area contributed by atoms with Crippen LogP contribution in [0.2, 0.25) is 0 Å². The van der Waals surface area contributed by atoms with Gasteiger partial charge in [-0.2, -0.15) is 12.7 Å². The molecule has 1 aliphatic rings. The molecular weight excluding hydrogens is 236 g/mol. The molecule has 1 N–H and O–H groups in total. The second-order valence-electron chi connectivity index (χ2n) is 3.93. The van der Waals surface area contributed by atoms with E-state index in [-0.39, 0.29) is 5.38 Å². The Morgan fingerprint density at radius 2 is 2.00 bits per heavy atom. The number of halogens is 1. The molecule has 0 amide bonds. The molecule has 0 spiro atoms. The molecule has 1 heterocycles. The van der Waals surface area contributed by atoms with Gasteiger partial charge in [-0.1, -0.05) is 0 Å². The molecule has 90 valence electrons. The van der Waals surface area contributed by atoms with Crippen LogP contribution in [0.4, 0.5) is 0 Å². The smallest absolute Gasteiger partial charge is 0.202 e. The van der Waals surface area contributed by atoms with Gasteiger partial charge in [0.25, 0.3) is 10.2 Å². The van der Waals surface area contributed by atoms with E-state index in [0.29, 0.717) is 19.6 Å². The Morgan fingerprint density at radius 1 is 1.40 bits per heavy atom. The lowest BCUT2D eigenvalue weighted by molar-refractivity contribution is 0.463. The summed E-state index contributed by atoms with van der Waals surface area (Å²) in [6, 6.07) is 0. The van der Waals surface area contributed by atoms with E-state index < -0.39 is 10.2 Å². The maximum atomic E-state index is 11.7. The van der Waals surface area contributed by atoms with Gasteiger partial charge in [0.2, 0.25) is 0 Å². The van der Waals surface area contributed by atoms with Gasteiger partial charge in [0.05, 0.1) is 0 Å². The molecule has 1 aliphatic heterocycles. The van der Waals surface area contributed by atoms with Gasteiger partial charge in [0.15, 0.2) is 0 Å². The van der Waals surface area contributed by atoms with Crippen LogP contribution in [-0.2, 0) is 10.2 Å². The van der Waals surface area contributed by atoms with E-state index >= 15 is 0 Å². The number of hydrogen-bond acceptors (Lipinski definition) is 2. The summed E-state index contributed by atoms with van der Waals surface area (Å²) in [5.41, 5.74) is 0. The van der Waals surface area contributed by atoms with Crippen LogP contribution in [0, 0.1) is 0 Å². The molecule has 4 nitrogen and oxygen atoms in total. The fraction of sp³-hybridized carbons (Fsp3) is 1.00. The van der Waals surface area contributed by atoms with E-state index in [1.54, 1.807) is 0 Å². The highest BCUT2D eigenvalue weighted by Gasteiger charge is 2.24. The predicted octanol–water partition coefficient (Wildman–Crippen LogP) is 1.32. The normalized spacial score (nSPS) is 20.7. The molecule has 0 saturated carbocycles. The molecule has 1 saturated heterocycles. The minimum Gasteiger partial charge on any atom is -0.202 e. The topological polar surface area (TPSA) is 49.4 Å². The largest absolute Gasteiger partial charge is 0.279 e. The minimum absolute atomic E-state index is 0.112. The maximum absolute atomic E-state index is 11.7. The van der Waals surface area contributed by atoms with Crippen LogP contribution in [0.5, 0.6) is 0 Å². The van der Waals surface area contributed by atoms with Crippen molar-refractivity contribution < 1.29 is 8.42 Å². The average Bonchev–Trinajstić information content (AvgIpc) is 2.65. The molecule has 0 bridgehead atoms. The van der Waals surface area contributed by atoms with Gasteiger partial charge in [-0.3, -0.25) is 0 Å². The van der Waals surface area contributed by atoms with E-state index in [4.69, 9.17) is 11.6 Å². The van der Waals surface area contributed by atoms with Crippen LogP contribution in [0.1, 0.15) is 32.6 Å². The molecule has 0 radical (unpaired) electrons. The molecular formula is C9H19ClN2O2S. The Balaban J connectivity index is 2.24.